The first-order valence-electron chi connectivity index (χ1n) is 6.31. The average molecular weight is 279 g/mol. The molecule has 20 heavy (non-hydrogen) atoms. The molecule has 2 atom stereocenters. The van der Waals surface area contributed by atoms with Crippen LogP contribution in [0.15, 0.2) is 18.3 Å². The van der Waals surface area contributed by atoms with Crippen LogP contribution >= 0.6 is 0 Å². The second kappa shape index (κ2) is 5.46. The number of aromatic carboxylic acids is 1. The lowest BCUT2D eigenvalue weighted by molar-refractivity contribution is 0.0691. The topological polar surface area (TPSA) is 101 Å². The number of ether oxygens (including phenoxy) is 1. The normalized spacial score (nSPS) is 25.2. The predicted molar refractivity (Wildman–Crippen MR) is 71.8 cm³/mol. The molecule has 0 saturated carbocycles. The molecule has 2 rings (SSSR count). The number of aromatic nitrogens is 1. The molecule has 1 aliphatic heterocycles. The first kappa shape index (κ1) is 14.3. The Hall–Kier alpha value is -2.15. The molecule has 1 fully saturated rings. The van der Waals surface area contributed by atoms with Crippen LogP contribution in [0.1, 0.15) is 30.8 Å². The van der Waals surface area contributed by atoms with E-state index in [1.165, 1.54) is 12.3 Å². The van der Waals surface area contributed by atoms with Gasteiger partial charge in [-0.2, -0.15) is 0 Å². The maximum Gasteiger partial charge on any atom is 0.356 e. The summed E-state index contributed by atoms with van der Waals surface area (Å²) < 4.78 is 5.43. The van der Waals surface area contributed by atoms with Crippen molar-refractivity contribution in [1.82, 2.24) is 10.3 Å². The molecule has 0 spiro atoms. The minimum absolute atomic E-state index is 0.0962. The van der Waals surface area contributed by atoms with Gasteiger partial charge >= 0.3 is 12.0 Å². The molecule has 2 amide bonds. The smallest absolute Gasteiger partial charge is 0.356 e. The molecule has 2 heterocycles. The number of amides is 2. The van der Waals surface area contributed by atoms with Gasteiger partial charge in [0.15, 0.2) is 5.69 Å². The van der Waals surface area contributed by atoms with Crippen molar-refractivity contribution < 1.29 is 19.4 Å². The summed E-state index contributed by atoms with van der Waals surface area (Å²) in [6.07, 6.45) is 1.97. The monoisotopic (exact) mass is 279 g/mol. The van der Waals surface area contributed by atoms with Gasteiger partial charge in [0.1, 0.15) is 0 Å². The molecule has 0 bridgehead atoms. The van der Waals surface area contributed by atoms with Gasteiger partial charge < -0.3 is 20.5 Å². The summed E-state index contributed by atoms with van der Waals surface area (Å²) in [5.74, 6) is -1.19. The van der Waals surface area contributed by atoms with Gasteiger partial charge in [-0.3, -0.25) is 0 Å². The Morgan fingerprint density at radius 2 is 2.30 bits per heavy atom. The molecule has 108 valence electrons. The van der Waals surface area contributed by atoms with Crippen LogP contribution in [-0.4, -0.2) is 40.3 Å². The van der Waals surface area contributed by atoms with Gasteiger partial charge in [-0.05, 0) is 32.4 Å². The van der Waals surface area contributed by atoms with E-state index in [0.29, 0.717) is 13.0 Å². The van der Waals surface area contributed by atoms with E-state index in [4.69, 9.17) is 9.84 Å². The molecular weight excluding hydrogens is 262 g/mol. The zero-order valence-corrected chi connectivity index (χ0v) is 11.3. The van der Waals surface area contributed by atoms with Gasteiger partial charge in [-0.25, -0.2) is 14.6 Å². The molecule has 0 radical (unpaired) electrons. The highest BCUT2D eigenvalue weighted by molar-refractivity contribution is 5.98. The van der Waals surface area contributed by atoms with Crippen LogP contribution in [0.5, 0.6) is 0 Å². The SMILES string of the molecule is CC1OCCC1(C)NC(=O)Nc1cccnc1C(=O)O. The number of carbonyl (C=O) groups excluding carboxylic acids is 1. The summed E-state index contributed by atoms with van der Waals surface area (Å²) >= 11 is 0. The molecule has 7 nitrogen and oxygen atoms in total. The van der Waals surface area contributed by atoms with E-state index < -0.39 is 17.5 Å². The van der Waals surface area contributed by atoms with E-state index in [9.17, 15) is 9.59 Å². The summed E-state index contributed by atoms with van der Waals surface area (Å²) in [4.78, 5) is 26.7. The minimum atomic E-state index is -1.19. The van der Waals surface area contributed by atoms with Crippen LogP contribution in [0.25, 0.3) is 0 Å². The summed E-state index contributed by atoms with van der Waals surface area (Å²) in [5, 5.41) is 14.3. The number of nitrogens with one attached hydrogen (secondary N) is 2. The Balaban J connectivity index is 2.07. The van der Waals surface area contributed by atoms with Gasteiger partial charge in [0.2, 0.25) is 0 Å². The maximum absolute atomic E-state index is 12.0. The number of carboxylic acid groups (broad SMARTS) is 1. The second-order valence-corrected chi connectivity index (χ2v) is 4.96. The van der Waals surface area contributed by atoms with Gasteiger partial charge in [0.05, 0.1) is 17.3 Å². The summed E-state index contributed by atoms with van der Waals surface area (Å²) in [5.41, 5.74) is -0.494. The second-order valence-electron chi connectivity index (χ2n) is 4.96. The van der Waals surface area contributed by atoms with Crippen molar-refractivity contribution >= 4 is 17.7 Å². The van der Waals surface area contributed by atoms with Crippen LogP contribution in [0.3, 0.4) is 0 Å². The van der Waals surface area contributed by atoms with E-state index in [2.05, 4.69) is 15.6 Å². The van der Waals surface area contributed by atoms with Crippen LogP contribution in [0.4, 0.5) is 10.5 Å². The van der Waals surface area contributed by atoms with Crippen molar-refractivity contribution in [3.63, 3.8) is 0 Å². The van der Waals surface area contributed by atoms with Gasteiger partial charge in [-0.1, -0.05) is 0 Å². The van der Waals surface area contributed by atoms with E-state index in [1.54, 1.807) is 6.07 Å². The predicted octanol–water partition coefficient (Wildman–Crippen LogP) is 1.47. The molecule has 1 aromatic heterocycles. The Bertz CT molecular complexity index is 534. The van der Waals surface area contributed by atoms with Gasteiger partial charge in [0.25, 0.3) is 0 Å². The average Bonchev–Trinajstić information content (AvgIpc) is 2.69. The fraction of sp³-hybridized carbons (Fsp3) is 0.462. The highest BCUT2D eigenvalue weighted by Gasteiger charge is 2.38. The largest absolute Gasteiger partial charge is 0.476 e. The molecule has 1 saturated heterocycles. The summed E-state index contributed by atoms with van der Waals surface area (Å²) in [6.45, 7) is 4.37. The molecule has 2 unspecified atom stereocenters. The van der Waals surface area contributed by atoms with E-state index in [1.807, 2.05) is 13.8 Å². The Labute approximate surface area is 116 Å². The Morgan fingerprint density at radius 3 is 2.90 bits per heavy atom. The van der Waals surface area contributed by atoms with Gasteiger partial charge in [-0.15, -0.1) is 0 Å². The molecule has 0 aromatic carbocycles. The number of anilines is 1. The first-order chi connectivity index (χ1) is 9.42. The van der Waals surface area contributed by atoms with E-state index >= 15 is 0 Å². The lowest BCUT2D eigenvalue weighted by Crippen LogP contribution is -2.52. The van der Waals surface area contributed by atoms with Crippen LogP contribution in [0, 0.1) is 0 Å². The molecule has 1 aromatic rings. The zero-order chi connectivity index (χ0) is 14.8. The lowest BCUT2D eigenvalue weighted by Gasteiger charge is -2.28. The number of rotatable bonds is 3. The van der Waals surface area contributed by atoms with Crippen molar-refractivity contribution in [2.75, 3.05) is 11.9 Å². The van der Waals surface area contributed by atoms with Crippen molar-refractivity contribution in [2.24, 2.45) is 0 Å². The quantitative estimate of drug-likeness (QED) is 0.777. The third-order valence-electron chi connectivity index (χ3n) is 3.54. The number of pyridine rings is 1. The van der Waals surface area contributed by atoms with Crippen LogP contribution < -0.4 is 10.6 Å². The number of carbonyl (C=O) groups is 2. The third-order valence-corrected chi connectivity index (χ3v) is 3.54. The molecule has 3 N–H and O–H groups in total. The van der Waals surface area contributed by atoms with Crippen LogP contribution in [0.2, 0.25) is 0 Å². The van der Waals surface area contributed by atoms with Crippen molar-refractivity contribution in [3.05, 3.63) is 24.0 Å². The zero-order valence-electron chi connectivity index (χ0n) is 11.3. The number of hydrogen-bond acceptors (Lipinski definition) is 4. The van der Waals surface area contributed by atoms with Crippen molar-refractivity contribution in [3.8, 4) is 0 Å². The fourth-order valence-electron chi connectivity index (χ4n) is 2.09. The Kier molecular flexibility index (Phi) is 3.89. The standard InChI is InChI=1S/C13H17N3O4/c1-8-13(2,5-7-20-8)16-12(19)15-9-4-3-6-14-10(9)11(17)18/h3-4,6,8H,5,7H2,1-2H3,(H,17,18)(H2,15,16,19). The molecule has 1 aliphatic rings. The minimum Gasteiger partial charge on any atom is -0.476 e. The maximum atomic E-state index is 12.0. The van der Waals surface area contributed by atoms with E-state index in [-0.39, 0.29) is 17.5 Å². The number of carboxylic acids is 1. The third kappa shape index (κ3) is 2.88. The lowest BCUT2D eigenvalue weighted by atomic mass is 9.95. The fourth-order valence-corrected chi connectivity index (χ4v) is 2.09. The first-order valence-corrected chi connectivity index (χ1v) is 6.31. The summed E-state index contributed by atoms with van der Waals surface area (Å²) in [7, 11) is 0. The van der Waals surface area contributed by atoms with Crippen LogP contribution in [-0.2, 0) is 4.74 Å². The van der Waals surface area contributed by atoms with Gasteiger partial charge in [0, 0.05) is 12.8 Å². The van der Waals surface area contributed by atoms with Crippen molar-refractivity contribution in [1.29, 1.82) is 0 Å². The highest BCUT2D eigenvalue weighted by Crippen LogP contribution is 2.25. The molecular formula is C13H17N3O4. The number of nitrogens with zero attached hydrogens (tertiary/aromatic N) is 1. The van der Waals surface area contributed by atoms with E-state index in [0.717, 1.165) is 0 Å². The highest BCUT2D eigenvalue weighted by atomic mass is 16.5. The Morgan fingerprint density at radius 1 is 1.55 bits per heavy atom. The summed E-state index contributed by atoms with van der Waals surface area (Å²) in [6, 6.07) is 2.58. The number of hydrogen-bond donors (Lipinski definition) is 3. The molecule has 0 aliphatic carbocycles. The number of urea groups is 1. The van der Waals surface area contributed by atoms with Crippen molar-refractivity contribution in [2.45, 2.75) is 31.9 Å². The molecule has 7 heteroatoms.